The number of nitrogen functional groups attached to an aromatic ring is 1. The lowest BCUT2D eigenvalue weighted by Crippen LogP contribution is -2.32. The number of nitrogens with zero attached hydrogens (tertiary/aromatic N) is 1. The fraction of sp³-hybridized carbons (Fsp3) is 0.588. The Kier molecular flexibility index (Phi) is 5.05. The lowest BCUT2D eigenvalue weighted by atomic mass is 9.89. The molecule has 1 aromatic rings. The highest BCUT2D eigenvalue weighted by Gasteiger charge is 2.23. The third kappa shape index (κ3) is 3.75. The maximum Gasteiger partial charge on any atom is 0.222 e. The van der Waals surface area contributed by atoms with E-state index in [1.165, 1.54) is 0 Å². The summed E-state index contributed by atoms with van der Waals surface area (Å²) >= 11 is 0. The molecule has 0 saturated carbocycles. The molecule has 3 heteroatoms. The molecule has 0 spiro atoms. The number of carbonyl (C=O) groups excluding carboxylic acids is 1. The summed E-state index contributed by atoms with van der Waals surface area (Å²) in [5.41, 5.74) is 7.93. The predicted octanol–water partition coefficient (Wildman–Crippen LogP) is 3.10. The summed E-state index contributed by atoms with van der Waals surface area (Å²) in [5.74, 6) is 1.67. The number of anilines is 1. The molecule has 1 aliphatic rings. The summed E-state index contributed by atoms with van der Waals surface area (Å²) in [5, 5.41) is 0. The van der Waals surface area contributed by atoms with E-state index < -0.39 is 0 Å². The Labute approximate surface area is 122 Å². The molecule has 1 atom stereocenters. The molecule has 0 aliphatic carbocycles. The third-order valence-corrected chi connectivity index (χ3v) is 4.50. The van der Waals surface area contributed by atoms with Gasteiger partial charge in [0.05, 0.1) is 0 Å². The molecule has 1 heterocycles. The first-order valence-corrected chi connectivity index (χ1v) is 7.69. The van der Waals surface area contributed by atoms with Gasteiger partial charge < -0.3 is 10.6 Å². The third-order valence-electron chi connectivity index (χ3n) is 4.50. The van der Waals surface area contributed by atoms with Gasteiger partial charge in [0.2, 0.25) is 5.91 Å². The summed E-state index contributed by atoms with van der Waals surface area (Å²) < 4.78 is 0. The van der Waals surface area contributed by atoms with Crippen molar-refractivity contribution in [2.24, 2.45) is 11.8 Å². The summed E-state index contributed by atoms with van der Waals surface area (Å²) in [6.45, 7) is 6.21. The van der Waals surface area contributed by atoms with Crippen molar-refractivity contribution in [2.75, 3.05) is 18.8 Å². The molecular formula is C17H26N2O. The van der Waals surface area contributed by atoms with E-state index in [-0.39, 0.29) is 0 Å². The highest BCUT2D eigenvalue weighted by atomic mass is 16.2. The fourth-order valence-electron chi connectivity index (χ4n) is 2.98. The second kappa shape index (κ2) is 6.78. The van der Waals surface area contributed by atoms with Gasteiger partial charge in [0, 0.05) is 25.2 Å². The molecule has 1 amide bonds. The van der Waals surface area contributed by atoms with Gasteiger partial charge in [-0.1, -0.05) is 32.0 Å². The van der Waals surface area contributed by atoms with E-state index in [0.717, 1.165) is 43.6 Å². The van der Waals surface area contributed by atoms with Crippen LogP contribution in [0.4, 0.5) is 5.69 Å². The molecule has 1 fully saturated rings. The molecule has 110 valence electrons. The number of hydrogen-bond donors (Lipinski definition) is 1. The SMILES string of the molecule is CC(C)C1CCC(=O)N(CCc2ccccc2N)CC1. The van der Waals surface area contributed by atoms with E-state index >= 15 is 0 Å². The Morgan fingerprint density at radius 2 is 2.05 bits per heavy atom. The van der Waals surface area contributed by atoms with Crippen LogP contribution in [0, 0.1) is 11.8 Å². The van der Waals surface area contributed by atoms with Gasteiger partial charge in [-0.05, 0) is 42.7 Å². The monoisotopic (exact) mass is 274 g/mol. The van der Waals surface area contributed by atoms with Gasteiger partial charge in [0.15, 0.2) is 0 Å². The summed E-state index contributed by atoms with van der Waals surface area (Å²) in [4.78, 5) is 14.2. The van der Waals surface area contributed by atoms with Crippen molar-refractivity contribution in [3.05, 3.63) is 29.8 Å². The number of amides is 1. The van der Waals surface area contributed by atoms with Crippen molar-refractivity contribution < 1.29 is 4.79 Å². The molecule has 3 nitrogen and oxygen atoms in total. The number of hydrogen-bond acceptors (Lipinski definition) is 2. The first-order chi connectivity index (χ1) is 9.58. The smallest absolute Gasteiger partial charge is 0.222 e. The molecule has 1 aliphatic heterocycles. The van der Waals surface area contributed by atoms with Crippen LogP contribution in [0.2, 0.25) is 0 Å². The zero-order valence-electron chi connectivity index (χ0n) is 12.6. The Bertz CT molecular complexity index is 456. The fourth-order valence-corrected chi connectivity index (χ4v) is 2.98. The van der Waals surface area contributed by atoms with Gasteiger partial charge in [-0.3, -0.25) is 4.79 Å². The van der Waals surface area contributed by atoms with E-state index in [0.29, 0.717) is 24.2 Å². The summed E-state index contributed by atoms with van der Waals surface area (Å²) in [6.07, 6.45) is 3.73. The van der Waals surface area contributed by atoms with E-state index in [4.69, 9.17) is 5.73 Å². The standard InChI is InChI=1S/C17H26N2O/c1-13(2)14-7-8-17(20)19(11-9-14)12-10-15-5-3-4-6-16(15)18/h3-6,13-14H,7-12,18H2,1-2H3. The largest absolute Gasteiger partial charge is 0.399 e. The molecular weight excluding hydrogens is 248 g/mol. The first kappa shape index (κ1) is 14.9. The van der Waals surface area contributed by atoms with Crippen molar-refractivity contribution in [3.8, 4) is 0 Å². The average Bonchev–Trinajstić information content (AvgIpc) is 2.60. The molecule has 1 saturated heterocycles. The topological polar surface area (TPSA) is 46.3 Å². The van der Waals surface area contributed by atoms with E-state index in [2.05, 4.69) is 19.9 Å². The van der Waals surface area contributed by atoms with Crippen molar-refractivity contribution in [3.63, 3.8) is 0 Å². The Balaban J connectivity index is 1.92. The number of rotatable bonds is 4. The van der Waals surface area contributed by atoms with Gasteiger partial charge in [-0.15, -0.1) is 0 Å². The van der Waals surface area contributed by atoms with Crippen LogP contribution in [0.5, 0.6) is 0 Å². The second-order valence-corrected chi connectivity index (χ2v) is 6.16. The minimum absolute atomic E-state index is 0.308. The minimum Gasteiger partial charge on any atom is -0.399 e. The zero-order valence-corrected chi connectivity index (χ0v) is 12.6. The van der Waals surface area contributed by atoms with Crippen molar-refractivity contribution >= 4 is 11.6 Å². The van der Waals surface area contributed by atoms with Crippen LogP contribution in [0.3, 0.4) is 0 Å². The van der Waals surface area contributed by atoms with Crippen LogP contribution < -0.4 is 5.73 Å². The number of benzene rings is 1. The molecule has 1 aromatic carbocycles. The van der Waals surface area contributed by atoms with E-state index in [1.807, 2.05) is 23.1 Å². The van der Waals surface area contributed by atoms with Gasteiger partial charge in [0.25, 0.3) is 0 Å². The quantitative estimate of drug-likeness (QED) is 0.858. The van der Waals surface area contributed by atoms with Gasteiger partial charge >= 0.3 is 0 Å². The van der Waals surface area contributed by atoms with Gasteiger partial charge in [0.1, 0.15) is 0 Å². The van der Waals surface area contributed by atoms with Crippen LogP contribution in [0.1, 0.15) is 38.7 Å². The Hall–Kier alpha value is -1.51. The lowest BCUT2D eigenvalue weighted by molar-refractivity contribution is -0.130. The van der Waals surface area contributed by atoms with Gasteiger partial charge in [-0.2, -0.15) is 0 Å². The normalized spacial score (nSPS) is 20.2. The van der Waals surface area contributed by atoms with Crippen LogP contribution in [-0.2, 0) is 11.2 Å². The number of likely N-dealkylation sites (tertiary alicyclic amines) is 1. The van der Waals surface area contributed by atoms with Crippen molar-refractivity contribution in [1.29, 1.82) is 0 Å². The first-order valence-electron chi connectivity index (χ1n) is 7.69. The van der Waals surface area contributed by atoms with Crippen molar-refractivity contribution in [1.82, 2.24) is 4.90 Å². The van der Waals surface area contributed by atoms with Crippen LogP contribution in [0.25, 0.3) is 0 Å². The highest BCUT2D eigenvalue weighted by Crippen LogP contribution is 2.25. The maximum atomic E-state index is 12.2. The Morgan fingerprint density at radius 1 is 1.30 bits per heavy atom. The lowest BCUT2D eigenvalue weighted by Gasteiger charge is -2.22. The molecule has 1 unspecified atom stereocenters. The molecule has 0 radical (unpaired) electrons. The van der Waals surface area contributed by atoms with Crippen molar-refractivity contribution in [2.45, 2.75) is 39.5 Å². The van der Waals surface area contributed by atoms with Crippen LogP contribution >= 0.6 is 0 Å². The molecule has 2 N–H and O–H groups in total. The molecule has 2 rings (SSSR count). The average molecular weight is 274 g/mol. The summed E-state index contributed by atoms with van der Waals surface area (Å²) in [6, 6.07) is 7.93. The highest BCUT2D eigenvalue weighted by molar-refractivity contribution is 5.76. The predicted molar refractivity (Wildman–Crippen MR) is 83.3 cm³/mol. The van der Waals surface area contributed by atoms with Crippen LogP contribution in [0.15, 0.2) is 24.3 Å². The number of nitrogens with two attached hydrogens (primary N) is 1. The molecule has 0 aromatic heterocycles. The van der Waals surface area contributed by atoms with E-state index in [9.17, 15) is 4.79 Å². The minimum atomic E-state index is 0.308. The van der Waals surface area contributed by atoms with Gasteiger partial charge in [-0.25, -0.2) is 0 Å². The maximum absolute atomic E-state index is 12.2. The van der Waals surface area contributed by atoms with Crippen LogP contribution in [-0.4, -0.2) is 23.9 Å². The van der Waals surface area contributed by atoms with E-state index in [1.54, 1.807) is 0 Å². The zero-order chi connectivity index (χ0) is 14.5. The number of carbonyl (C=O) groups is 1. The summed E-state index contributed by atoms with van der Waals surface area (Å²) in [7, 11) is 0. The molecule has 0 bridgehead atoms. The number of para-hydroxylation sites is 1. The Morgan fingerprint density at radius 3 is 2.75 bits per heavy atom. The second-order valence-electron chi connectivity index (χ2n) is 6.16. The molecule has 20 heavy (non-hydrogen) atoms.